The Bertz CT molecular complexity index is 2330. The maximum atomic E-state index is 5.69. The monoisotopic (exact) mass is 795 g/mol. The molecule has 310 valence electrons. The summed E-state index contributed by atoms with van der Waals surface area (Å²) in [4.78, 5) is 0. The summed E-state index contributed by atoms with van der Waals surface area (Å²) < 4.78 is 11.4. The van der Waals surface area contributed by atoms with E-state index in [-0.39, 0.29) is 5.41 Å². The molecule has 60 heavy (non-hydrogen) atoms. The van der Waals surface area contributed by atoms with Gasteiger partial charge in [-0.15, -0.1) is 0 Å². The third kappa shape index (κ3) is 7.61. The van der Waals surface area contributed by atoms with E-state index in [1.165, 1.54) is 157 Å². The molecular weight excluding hydrogens is 729 g/mol. The van der Waals surface area contributed by atoms with Gasteiger partial charge in [-0.3, -0.25) is 0 Å². The summed E-state index contributed by atoms with van der Waals surface area (Å²) in [5.74, 6) is 1.72. The fourth-order valence-electron chi connectivity index (χ4n) is 11.0. The highest BCUT2D eigenvalue weighted by Crippen LogP contribution is 2.59. The zero-order valence-corrected chi connectivity index (χ0v) is 37.3. The first kappa shape index (κ1) is 41.6. The van der Waals surface area contributed by atoms with Gasteiger partial charge < -0.3 is 9.47 Å². The second-order valence-electron chi connectivity index (χ2n) is 17.9. The maximum Gasteiger partial charge on any atom is 0.118 e. The number of rotatable bonds is 19. The predicted octanol–water partition coefficient (Wildman–Crippen LogP) is 16.1. The van der Waals surface area contributed by atoms with Gasteiger partial charge in [0.15, 0.2) is 0 Å². The number of hydrogen-bond acceptors (Lipinski definition) is 2. The van der Waals surface area contributed by atoms with Crippen LogP contribution in [0.15, 0.2) is 121 Å². The minimum absolute atomic E-state index is 0.0304. The van der Waals surface area contributed by atoms with E-state index in [4.69, 9.17) is 9.47 Å². The molecule has 2 heteroatoms. The molecule has 2 aliphatic carbocycles. The number of unbranched alkanes of at least 4 members (excludes halogenated alkanes) is 10. The molecule has 0 saturated carbocycles. The Hall–Kier alpha value is -5.08. The molecule has 0 radical (unpaired) electrons. The number of ether oxygens (including phenoxy) is 2. The van der Waals surface area contributed by atoms with E-state index in [0.717, 1.165) is 11.5 Å². The van der Waals surface area contributed by atoms with Crippen LogP contribution in [-0.4, -0.2) is 14.2 Å². The van der Waals surface area contributed by atoms with E-state index in [2.05, 4.69) is 149 Å². The van der Waals surface area contributed by atoms with Gasteiger partial charge in [0.1, 0.15) is 11.5 Å². The van der Waals surface area contributed by atoms with Crippen LogP contribution in [0.1, 0.15) is 148 Å². The van der Waals surface area contributed by atoms with Crippen molar-refractivity contribution in [3.63, 3.8) is 0 Å². The van der Waals surface area contributed by atoms with Crippen LogP contribution in [0, 0.1) is 13.8 Å². The van der Waals surface area contributed by atoms with Crippen LogP contribution in [0.5, 0.6) is 11.5 Å². The van der Waals surface area contributed by atoms with Gasteiger partial charge in [0.2, 0.25) is 0 Å². The summed E-state index contributed by atoms with van der Waals surface area (Å²) in [5.41, 5.74) is 18.4. The third-order valence-electron chi connectivity index (χ3n) is 14.1. The molecule has 2 nitrogen and oxygen atoms in total. The molecule has 6 aromatic rings. The van der Waals surface area contributed by atoms with E-state index in [1.54, 1.807) is 25.3 Å². The zero-order chi connectivity index (χ0) is 41.7. The average molecular weight is 795 g/mol. The van der Waals surface area contributed by atoms with Crippen molar-refractivity contribution >= 4 is 0 Å². The van der Waals surface area contributed by atoms with Gasteiger partial charge >= 0.3 is 0 Å². The van der Waals surface area contributed by atoms with Crippen molar-refractivity contribution in [2.24, 2.45) is 0 Å². The SMILES string of the molecule is CCCCCCCCC1(CCCCCCCC)c2cc(C)ccc2-c2ccc(-c3ccc4c(c3)C(c3ccc(OC)cc3)(c3ccc(OC)cc3)c3cc(C)ccc3-4)cc21. The van der Waals surface area contributed by atoms with E-state index in [1.807, 2.05) is 0 Å². The Morgan fingerprint density at radius 3 is 1.22 bits per heavy atom. The minimum atomic E-state index is -0.533. The summed E-state index contributed by atoms with van der Waals surface area (Å²) in [6.45, 7) is 9.15. The molecule has 2 aliphatic rings. The van der Waals surface area contributed by atoms with E-state index >= 15 is 0 Å². The lowest BCUT2D eigenvalue weighted by Crippen LogP contribution is -2.28. The van der Waals surface area contributed by atoms with Crippen LogP contribution in [0.3, 0.4) is 0 Å². The van der Waals surface area contributed by atoms with Gasteiger partial charge in [-0.05, 0) is 130 Å². The normalized spacial score (nSPS) is 14.0. The third-order valence-corrected chi connectivity index (χ3v) is 14.1. The number of methoxy groups -OCH3 is 2. The number of fused-ring (bicyclic) bond motifs is 6. The lowest BCUT2D eigenvalue weighted by molar-refractivity contribution is 0.398. The first-order valence-electron chi connectivity index (χ1n) is 23.2. The Labute approximate surface area is 361 Å². The molecule has 0 amide bonds. The van der Waals surface area contributed by atoms with Crippen LogP contribution >= 0.6 is 0 Å². The molecule has 0 fully saturated rings. The van der Waals surface area contributed by atoms with Crippen molar-refractivity contribution in [3.05, 3.63) is 166 Å². The molecule has 0 N–H and O–H groups in total. The molecule has 0 bridgehead atoms. The zero-order valence-electron chi connectivity index (χ0n) is 37.3. The maximum absolute atomic E-state index is 5.69. The summed E-state index contributed by atoms with van der Waals surface area (Å²) in [7, 11) is 3.49. The minimum Gasteiger partial charge on any atom is -0.497 e. The van der Waals surface area contributed by atoms with Crippen molar-refractivity contribution in [2.75, 3.05) is 14.2 Å². The number of aryl methyl sites for hydroxylation is 2. The average Bonchev–Trinajstić information content (AvgIpc) is 3.71. The van der Waals surface area contributed by atoms with Gasteiger partial charge in [0, 0.05) is 5.41 Å². The molecule has 8 rings (SSSR count). The van der Waals surface area contributed by atoms with Gasteiger partial charge in [0.25, 0.3) is 0 Å². The molecule has 0 saturated heterocycles. The van der Waals surface area contributed by atoms with Crippen molar-refractivity contribution < 1.29 is 9.47 Å². The molecule has 0 unspecified atom stereocenters. The van der Waals surface area contributed by atoms with E-state index in [0.29, 0.717) is 0 Å². The van der Waals surface area contributed by atoms with Gasteiger partial charge in [0.05, 0.1) is 19.6 Å². The van der Waals surface area contributed by atoms with E-state index in [9.17, 15) is 0 Å². The number of hydrogen-bond donors (Lipinski definition) is 0. The second-order valence-corrected chi connectivity index (χ2v) is 17.9. The van der Waals surface area contributed by atoms with Crippen LogP contribution in [-0.2, 0) is 10.8 Å². The predicted molar refractivity (Wildman–Crippen MR) is 254 cm³/mol. The summed E-state index contributed by atoms with van der Waals surface area (Å²) in [5, 5.41) is 0. The smallest absolute Gasteiger partial charge is 0.118 e. The lowest BCUT2D eigenvalue weighted by atomic mass is 9.67. The summed E-state index contributed by atoms with van der Waals surface area (Å²) >= 11 is 0. The second kappa shape index (κ2) is 18.3. The largest absolute Gasteiger partial charge is 0.497 e. The first-order valence-corrected chi connectivity index (χ1v) is 23.2. The Balaban J connectivity index is 1.28. The van der Waals surface area contributed by atoms with Crippen molar-refractivity contribution in [3.8, 4) is 44.9 Å². The molecule has 0 aromatic heterocycles. The van der Waals surface area contributed by atoms with Crippen molar-refractivity contribution in [1.29, 1.82) is 0 Å². The topological polar surface area (TPSA) is 18.5 Å². The highest BCUT2D eigenvalue weighted by Gasteiger charge is 2.47. The van der Waals surface area contributed by atoms with Crippen LogP contribution in [0.4, 0.5) is 0 Å². The van der Waals surface area contributed by atoms with Gasteiger partial charge in [-0.1, -0.05) is 187 Å². The van der Waals surface area contributed by atoms with Crippen molar-refractivity contribution in [2.45, 2.75) is 128 Å². The highest BCUT2D eigenvalue weighted by atomic mass is 16.5. The van der Waals surface area contributed by atoms with Crippen LogP contribution < -0.4 is 9.47 Å². The summed E-state index contributed by atoms with van der Waals surface area (Å²) in [6.07, 6.45) is 18.3. The standard InChI is InChI=1S/C58H66O2/c1-7-9-11-13-15-17-35-57(36-18-16-14-12-10-8-2)53-37-41(3)19-31-49(53)50-33-21-43(39-54(50)57)44-22-34-52-51-32-20-42(4)38-55(51)58(56(52)40-44,45-23-27-47(59-5)28-24-45)46-25-29-48(60-6)30-26-46/h19-34,37-40H,7-18,35-36H2,1-6H3. The van der Waals surface area contributed by atoms with E-state index < -0.39 is 5.41 Å². The van der Waals surface area contributed by atoms with Crippen molar-refractivity contribution in [1.82, 2.24) is 0 Å². The fraction of sp³-hybridized carbons (Fsp3) is 0.379. The highest BCUT2D eigenvalue weighted by molar-refractivity contribution is 5.90. The summed E-state index contributed by atoms with van der Waals surface area (Å²) in [6, 6.07) is 46.7. The lowest BCUT2D eigenvalue weighted by Gasteiger charge is -2.34. The van der Waals surface area contributed by atoms with Gasteiger partial charge in [-0.2, -0.15) is 0 Å². The quantitative estimate of drug-likeness (QED) is 0.0759. The molecular formula is C58H66O2. The van der Waals surface area contributed by atoms with Gasteiger partial charge in [-0.25, -0.2) is 0 Å². The molecule has 0 spiro atoms. The molecule has 0 aliphatic heterocycles. The van der Waals surface area contributed by atoms with Crippen LogP contribution in [0.25, 0.3) is 33.4 Å². The van der Waals surface area contributed by atoms with Crippen LogP contribution in [0.2, 0.25) is 0 Å². The first-order chi connectivity index (χ1) is 29.4. The fourth-order valence-corrected chi connectivity index (χ4v) is 11.0. The Kier molecular flexibility index (Phi) is 12.7. The Morgan fingerprint density at radius 2 is 0.750 bits per heavy atom. The number of benzene rings is 6. The molecule has 0 atom stereocenters. The molecule has 6 aromatic carbocycles. The Morgan fingerprint density at radius 1 is 0.383 bits per heavy atom. The molecule has 0 heterocycles.